The molecule has 1 unspecified atom stereocenters. The van der Waals surface area contributed by atoms with E-state index in [1.54, 1.807) is 40.6 Å². The molecule has 1 saturated carbocycles. The molecule has 2 heterocycles. The number of carbonyl (C=O) groups excluding carboxylic acids is 2. The molecule has 0 aliphatic heterocycles. The van der Waals surface area contributed by atoms with E-state index in [1.165, 1.54) is 6.42 Å². The average molecular weight is 478 g/mol. The summed E-state index contributed by atoms with van der Waals surface area (Å²) in [6.45, 7) is 2.82. The van der Waals surface area contributed by atoms with Crippen LogP contribution in [-0.2, 0) is 11.3 Å². The predicted molar refractivity (Wildman–Crippen MR) is 134 cm³/mol. The lowest BCUT2D eigenvalue weighted by Gasteiger charge is -2.33. The van der Waals surface area contributed by atoms with Crippen molar-refractivity contribution in [3.05, 3.63) is 82.3 Å². The Morgan fingerprint density at radius 3 is 2.53 bits per heavy atom. The van der Waals surface area contributed by atoms with Gasteiger partial charge in [-0.05, 0) is 61.0 Å². The molecular weight excluding hydrogens is 446 g/mol. The third-order valence-electron chi connectivity index (χ3n) is 6.07. The molecule has 34 heavy (non-hydrogen) atoms. The quantitative estimate of drug-likeness (QED) is 0.449. The minimum Gasteiger partial charge on any atom is -0.494 e. The maximum Gasteiger partial charge on any atom is 0.273 e. The average Bonchev–Trinajstić information content (AvgIpc) is 3.39. The smallest absolute Gasteiger partial charge is 0.273 e. The number of pyridine rings is 1. The maximum absolute atomic E-state index is 13.8. The standard InChI is InChI=1S/C27H31N3O3S/c1-2-33-22-15-13-20(14-16-22)25(26(31)29-21-9-4-3-5-10-21)30(19-23-11-8-18-34-23)27(32)24-12-6-7-17-28-24/h6-8,11-18,21,25H,2-5,9-10,19H2,1H3,(H,29,31). The van der Waals surface area contributed by atoms with E-state index >= 15 is 0 Å². The van der Waals surface area contributed by atoms with E-state index in [0.29, 0.717) is 18.8 Å². The fourth-order valence-corrected chi connectivity index (χ4v) is 5.10. The zero-order valence-corrected chi connectivity index (χ0v) is 20.3. The summed E-state index contributed by atoms with van der Waals surface area (Å²) in [4.78, 5) is 34.4. The van der Waals surface area contributed by atoms with Gasteiger partial charge in [0.05, 0.1) is 13.2 Å². The lowest BCUT2D eigenvalue weighted by atomic mass is 9.94. The fourth-order valence-electron chi connectivity index (χ4n) is 4.40. The van der Waals surface area contributed by atoms with Crippen molar-refractivity contribution in [3.8, 4) is 5.75 Å². The Morgan fingerprint density at radius 2 is 1.88 bits per heavy atom. The number of rotatable bonds is 9. The van der Waals surface area contributed by atoms with E-state index in [4.69, 9.17) is 4.74 Å². The van der Waals surface area contributed by atoms with Gasteiger partial charge in [-0.3, -0.25) is 14.6 Å². The number of amides is 2. The zero-order valence-electron chi connectivity index (χ0n) is 19.5. The molecule has 2 aromatic heterocycles. The van der Waals surface area contributed by atoms with E-state index in [2.05, 4.69) is 10.3 Å². The van der Waals surface area contributed by atoms with Crippen molar-refractivity contribution in [3.63, 3.8) is 0 Å². The molecule has 6 nitrogen and oxygen atoms in total. The van der Waals surface area contributed by atoms with E-state index < -0.39 is 6.04 Å². The summed E-state index contributed by atoms with van der Waals surface area (Å²) in [5.74, 6) is 0.308. The minimum atomic E-state index is -0.783. The van der Waals surface area contributed by atoms with Crippen molar-refractivity contribution in [1.82, 2.24) is 15.2 Å². The van der Waals surface area contributed by atoms with Crippen LogP contribution >= 0.6 is 11.3 Å². The molecule has 0 spiro atoms. The molecule has 1 fully saturated rings. The maximum atomic E-state index is 13.8. The molecule has 0 radical (unpaired) electrons. The van der Waals surface area contributed by atoms with E-state index in [-0.39, 0.29) is 17.9 Å². The number of benzene rings is 1. The first kappa shape index (κ1) is 24.0. The van der Waals surface area contributed by atoms with Gasteiger partial charge in [0.15, 0.2) is 0 Å². The number of carbonyl (C=O) groups is 2. The van der Waals surface area contributed by atoms with Crippen molar-refractivity contribution in [2.75, 3.05) is 6.61 Å². The zero-order chi connectivity index (χ0) is 23.8. The van der Waals surface area contributed by atoms with Gasteiger partial charge in [0.2, 0.25) is 5.91 Å². The minimum absolute atomic E-state index is 0.139. The Bertz CT molecular complexity index is 1050. The SMILES string of the molecule is CCOc1ccc(C(C(=O)NC2CCCCC2)N(Cc2cccs2)C(=O)c2ccccn2)cc1. The van der Waals surface area contributed by atoms with Crippen molar-refractivity contribution >= 4 is 23.2 Å². The van der Waals surface area contributed by atoms with Gasteiger partial charge in [0, 0.05) is 17.1 Å². The van der Waals surface area contributed by atoms with Crippen LogP contribution in [0.4, 0.5) is 0 Å². The van der Waals surface area contributed by atoms with Crippen molar-refractivity contribution in [2.45, 2.75) is 57.7 Å². The number of aromatic nitrogens is 1. The molecule has 0 saturated heterocycles. The van der Waals surface area contributed by atoms with E-state index in [0.717, 1.165) is 41.9 Å². The van der Waals surface area contributed by atoms with Gasteiger partial charge < -0.3 is 15.0 Å². The molecule has 0 bridgehead atoms. The summed E-state index contributed by atoms with van der Waals surface area (Å²) in [6, 6.07) is 16.0. The predicted octanol–water partition coefficient (Wildman–Crippen LogP) is 5.37. The van der Waals surface area contributed by atoms with Gasteiger partial charge >= 0.3 is 0 Å². The molecule has 1 atom stereocenters. The van der Waals surface area contributed by atoms with Crippen LogP contribution in [0.1, 0.15) is 66.0 Å². The van der Waals surface area contributed by atoms with E-state index in [9.17, 15) is 9.59 Å². The number of nitrogens with zero attached hydrogens (tertiary/aromatic N) is 2. The fraction of sp³-hybridized carbons (Fsp3) is 0.370. The summed E-state index contributed by atoms with van der Waals surface area (Å²) in [5.41, 5.74) is 1.07. The van der Waals surface area contributed by atoms with Crippen molar-refractivity contribution < 1.29 is 14.3 Å². The number of ether oxygens (including phenoxy) is 1. The second kappa shape index (κ2) is 11.8. The van der Waals surface area contributed by atoms with Crippen LogP contribution in [0, 0.1) is 0 Å². The van der Waals surface area contributed by atoms with E-state index in [1.807, 2.05) is 48.7 Å². The molecular formula is C27H31N3O3S. The van der Waals surface area contributed by atoms with Crippen LogP contribution in [0.5, 0.6) is 5.75 Å². The lowest BCUT2D eigenvalue weighted by molar-refractivity contribution is -0.127. The van der Waals surface area contributed by atoms with Crippen LogP contribution < -0.4 is 10.1 Å². The van der Waals surface area contributed by atoms with Gasteiger partial charge in [-0.2, -0.15) is 0 Å². The highest BCUT2D eigenvalue weighted by atomic mass is 32.1. The van der Waals surface area contributed by atoms with Crippen LogP contribution in [0.15, 0.2) is 66.2 Å². The summed E-state index contributed by atoms with van der Waals surface area (Å²) < 4.78 is 5.60. The number of hydrogen-bond donors (Lipinski definition) is 1. The molecule has 1 aromatic carbocycles. The number of nitrogens with one attached hydrogen (secondary N) is 1. The molecule has 2 amide bonds. The third kappa shape index (κ3) is 6.03. The second-order valence-corrected chi connectivity index (χ2v) is 9.51. The van der Waals surface area contributed by atoms with Gasteiger partial charge in [-0.15, -0.1) is 11.3 Å². The Kier molecular flexibility index (Phi) is 8.31. The first-order valence-corrected chi connectivity index (χ1v) is 12.8. The second-order valence-electron chi connectivity index (χ2n) is 8.48. The van der Waals surface area contributed by atoms with Gasteiger partial charge in [-0.25, -0.2) is 0 Å². The monoisotopic (exact) mass is 477 g/mol. The third-order valence-corrected chi connectivity index (χ3v) is 6.93. The largest absolute Gasteiger partial charge is 0.494 e. The van der Waals surface area contributed by atoms with Gasteiger partial charge in [0.1, 0.15) is 17.5 Å². The van der Waals surface area contributed by atoms with Gasteiger partial charge in [-0.1, -0.05) is 43.5 Å². The molecule has 3 aromatic rings. The van der Waals surface area contributed by atoms with Gasteiger partial charge in [0.25, 0.3) is 5.91 Å². The van der Waals surface area contributed by atoms with Crippen molar-refractivity contribution in [1.29, 1.82) is 0 Å². The summed E-state index contributed by atoms with van der Waals surface area (Å²) in [5, 5.41) is 5.22. The topological polar surface area (TPSA) is 71.5 Å². The number of hydrogen-bond acceptors (Lipinski definition) is 5. The molecule has 1 aliphatic rings. The number of thiophene rings is 1. The van der Waals surface area contributed by atoms with Crippen LogP contribution in [0.3, 0.4) is 0 Å². The Labute approximate surface area is 205 Å². The molecule has 1 aliphatic carbocycles. The molecule has 4 rings (SSSR count). The lowest BCUT2D eigenvalue weighted by Crippen LogP contribution is -2.47. The normalized spacial score (nSPS) is 14.9. The molecule has 178 valence electrons. The van der Waals surface area contributed by atoms with Crippen LogP contribution in [0.25, 0.3) is 0 Å². The van der Waals surface area contributed by atoms with Crippen LogP contribution in [-0.4, -0.2) is 34.3 Å². The van der Waals surface area contributed by atoms with Crippen LogP contribution in [0.2, 0.25) is 0 Å². The highest BCUT2D eigenvalue weighted by molar-refractivity contribution is 7.09. The molecule has 7 heteroatoms. The summed E-state index contributed by atoms with van der Waals surface area (Å²) >= 11 is 1.57. The Morgan fingerprint density at radius 1 is 1.09 bits per heavy atom. The highest BCUT2D eigenvalue weighted by Gasteiger charge is 2.34. The Balaban J connectivity index is 1.71. The molecule has 1 N–H and O–H groups in total. The first-order valence-electron chi connectivity index (χ1n) is 11.9. The Hall–Kier alpha value is -3.19. The summed E-state index contributed by atoms with van der Waals surface area (Å²) in [6.07, 6.45) is 6.98. The highest BCUT2D eigenvalue weighted by Crippen LogP contribution is 2.29. The summed E-state index contributed by atoms with van der Waals surface area (Å²) in [7, 11) is 0. The first-order chi connectivity index (χ1) is 16.7. The van der Waals surface area contributed by atoms with Crippen molar-refractivity contribution in [2.24, 2.45) is 0 Å².